The monoisotopic (exact) mass is 272 g/mol. The lowest BCUT2D eigenvalue weighted by atomic mass is 9.96. The van der Waals surface area contributed by atoms with Crippen molar-refractivity contribution in [1.82, 2.24) is 0 Å². The molecule has 0 aromatic heterocycles. The van der Waals surface area contributed by atoms with Gasteiger partial charge in [0.15, 0.2) is 0 Å². The first-order valence-corrected chi connectivity index (χ1v) is 5.36. The van der Waals surface area contributed by atoms with E-state index in [-0.39, 0.29) is 0 Å². The Hall–Kier alpha value is -0.310. The van der Waals surface area contributed by atoms with Gasteiger partial charge in [-0.3, -0.25) is 0 Å². The lowest BCUT2D eigenvalue weighted by Gasteiger charge is -2.09. The molecule has 12 heavy (non-hydrogen) atoms. The number of hydrogen-bond donors (Lipinski definition) is 0. The van der Waals surface area contributed by atoms with Gasteiger partial charge < -0.3 is 0 Å². The third-order valence-electron chi connectivity index (χ3n) is 1.81. The molecule has 1 rings (SSSR count). The summed E-state index contributed by atoms with van der Waals surface area (Å²) in [6, 6.07) is 0. The first-order valence-electron chi connectivity index (χ1n) is 4.11. The molecule has 0 saturated heterocycles. The van der Waals surface area contributed by atoms with Crippen LogP contribution >= 0.6 is 22.6 Å². The zero-order valence-electron chi connectivity index (χ0n) is 7.20. The van der Waals surface area contributed by atoms with E-state index in [4.69, 9.17) is 0 Å². The van der Waals surface area contributed by atoms with Gasteiger partial charge in [-0.25, -0.2) is 0 Å². The first kappa shape index (κ1) is 9.78. The Morgan fingerprint density at radius 2 is 2.33 bits per heavy atom. The van der Waals surface area contributed by atoms with Crippen LogP contribution < -0.4 is 0 Å². The van der Waals surface area contributed by atoms with Crippen LogP contribution in [-0.4, -0.2) is 0 Å². The zero-order valence-corrected chi connectivity index (χ0v) is 9.36. The van der Waals surface area contributed by atoms with E-state index < -0.39 is 0 Å². The van der Waals surface area contributed by atoms with Crippen LogP contribution in [0.5, 0.6) is 0 Å². The zero-order chi connectivity index (χ0) is 8.81. The Labute approximate surface area is 87.9 Å². The summed E-state index contributed by atoms with van der Waals surface area (Å²) in [4.78, 5) is 0. The summed E-state index contributed by atoms with van der Waals surface area (Å²) in [5.41, 5.74) is 1.37. The molecule has 0 N–H and O–H groups in total. The number of hydrogen-bond acceptors (Lipinski definition) is 0. The van der Waals surface area contributed by atoms with E-state index in [9.17, 15) is 0 Å². The van der Waals surface area contributed by atoms with Gasteiger partial charge in [-0.1, -0.05) is 64.6 Å². The van der Waals surface area contributed by atoms with E-state index in [0.717, 1.165) is 6.42 Å². The highest BCUT2D eigenvalue weighted by Gasteiger charge is 2.01. The highest BCUT2D eigenvalue weighted by molar-refractivity contribution is 14.1. The average Bonchev–Trinajstić information content (AvgIpc) is 2.05. The molecule has 0 aromatic carbocycles. The molecule has 0 heterocycles. The summed E-state index contributed by atoms with van der Waals surface area (Å²) in [5, 5.41) is 0. The number of allylic oxidation sites excluding steroid dienone is 7. The van der Waals surface area contributed by atoms with Crippen LogP contribution in [0.2, 0.25) is 0 Å². The van der Waals surface area contributed by atoms with Gasteiger partial charge in [0.05, 0.1) is 0 Å². The molecule has 1 aliphatic rings. The lowest BCUT2D eigenvalue weighted by Crippen LogP contribution is -1.94. The molecule has 64 valence electrons. The van der Waals surface area contributed by atoms with E-state index in [1.54, 1.807) is 0 Å². The quantitative estimate of drug-likeness (QED) is 0.526. The van der Waals surface area contributed by atoms with Crippen molar-refractivity contribution < 1.29 is 0 Å². The third kappa shape index (κ3) is 3.39. The Kier molecular flexibility index (Phi) is 4.36. The second kappa shape index (κ2) is 5.36. The minimum Gasteiger partial charge on any atom is -0.0834 e. The Morgan fingerprint density at radius 3 is 3.00 bits per heavy atom. The van der Waals surface area contributed by atoms with Crippen molar-refractivity contribution in [3.8, 4) is 0 Å². The Bertz CT molecular complexity index is 244. The van der Waals surface area contributed by atoms with Crippen LogP contribution in [0.25, 0.3) is 0 Å². The van der Waals surface area contributed by atoms with Gasteiger partial charge in [-0.15, -0.1) is 0 Å². The molecule has 0 aromatic rings. The van der Waals surface area contributed by atoms with Crippen molar-refractivity contribution in [2.45, 2.75) is 13.3 Å². The molecule has 1 atom stereocenters. The van der Waals surface area contributed by atoms with Crippen LogP contribution in [0.3, 0.4) is 0 Å². The summed E-state index contributed by atoms with van der Waals surface area (Å²) in [6.45, 7) is 2.14. The fourth-order valence-corrected chi connectivity index (χ4v) is 1.50. The molecule has 1 aliphatic carbocycles. The van der Waals surface area contributed by atoms with Crippen LogP contribution in [0, 0.1) is 5.92 Å². The SMILES string of the molecule is CC1=CC(/C=C\C=C/I)CC=C1. The van der Waals surface area contributed by atoms with Crippen molar-refractivity contribution in [3.63, 3.8) is 0 Å². The first-order chi connectivity index (χ1) is 5.83. The van der Waals surface area contributed by atoms with E-state index in [1.807, 2.05) is 4.08 Å². The third-order valence-corrected chi connectivity index (χ3v) is 2.22. The maximum absolute atomic E-state index is 2.30. The van der Waals surface area contributed by atoms with Crippen molar-refractivity contribution in [2.75, 3.05) is 0 Å². The summed E-state index contributed by atoms with van der Waals surface area (Å²) in [6.07, 6.45) is 14.3. The highest BCUT2D eigenvalue weighted by Crippen LogP contribution is 2.17. The van der Waals surface area contributed by atoms with Gasteiger partial charge in [-0.2, -0.15) is 0 Å². The fraction of sp³-hybridized carbons (Fsp3) is 0.273. The second-order valence-electron chi connectivity index (χ2n) is 2.92. The van der Waals surface area contributed by atoms with Crippen molar-refractivity contribution >= 4 is 22.6 Å². The van der Waals surface area contributed by atoms with Gasteiger partial charge >= 0.3 is 0 Å². The lowest BCUT2D eigenvalue weighted by molar-refractivity contribution is 0.812. The molecule has 1 unspecified atom stereocenters. The maximum atomic E-state index is 2.30. The standard InChI is InChI=1S/C11H13I/c1-10-5-4-7-11(9-10)6-2-3-8-12/h2-6,8-9,11H,7H2,1H3/b6-2-,8-3-. The van der Waals surface area contributed by atoms with Crippen LogP contribution in [0.15, 0.2) is 46.1 Å². The second-order valence-corrected chi connectivity index (χ2v) is 3.64. The van der Waals surface area contributed by atoms with E-state index in [2.05, 4.69) is 66.0 Å². The summed E-state index contributed by atoms with van der Waals surface area (Å²) < 4.78 is 2.02. The number of halogens is 1. The van der Waals surface area contributed by atoms with Gasteiger partial charge in [0.2, 0.25) is 0 Å². The average molecular weight is 272 g/mol. The molecule has 0 fully saturated rings. The van der Waals surface area contributed by atoms with E-state index in [1.165, 1.54) is 5.57 Å². The smallest absolute Gasteiger partial charge is 0.00100 e. The highest BCUT2D eigenvalue weighted by atomic mass is 127. The van der Waals surface area contributed by atoms with E-state index >= 15 is 0 Å². The van der Waals surface area contributed by atoms with Gasteiger partial charge in [0.1, 0.15) is 0 Å². The molecule has 0 bridgehead atoms. The summed E-state index contributed by atoms with van der Waals surface area (Å²) in [5.74, 6) is 0.600. The van der Waals surface area contributed by atoms with Crippen molar-refractivity contribution in [2.24, 2.45) is 5.92 Å². The predicted octanol–water partition coefficient (Wildman–Crippen LogP) is 4.01. The van der Waals surface area contributed by atoms with Crippen LogP contribution in [0.4, 0.5) is 0 Å². The van der Waals surface area contributed by atoms with Crippen LogP contribution in [-0.2, 0) is 0 Å². The largest absolute Gasteiger partial charge is 0.0834 e. The minimum atomic E-state index is 0.600. The molecule has 0 spiro atoms. The summed E-state index contributed by atoms with van der Waals surface area (Å²) in [7, 11) is 0. The Balaban J connectivity index is 2.50. The normalized spacial score (nSPS) is 23.8. The molecule has 0 saturated carbocycles. The minimum absolute atomic E-state index is 0.600. The van der Waals surface area contributed by atoms with Crippen LogP contribution in [0.1, 0.15) is 13.3 Å². The topological polar surface area (TPSA) is 0 Å². The fourth-order valence-electron chi connectivity index (χ4n) is 1.26. The van der Waals surface area contributed by atoms with Crippen molar-refractivity contribution in [1.29, 1.82) is 0 Å². The van der Waals surface area contributed by atoms with Crippen molar-refractivity contribution in [3.05, 3.63) is 46.1 Å². The summed E-state index contributed by atoms with van der Waals surface area (Å²) >= 11 is 2.22. The van der Waals surface area contributed by atoms with E-state index in [0.29, 0.717) is 5.92 Å². The predicted molar refractivity (Wildman–Crippen MR) is 63.3 cm³/mol. The maximum Gasteiger partial charge on any atom is -0.00100 e. The molecule has 0 radical (unpaired) electrons. The van der Waals surface area contributed by atoms with Gasteiger partial charge in [-0.05, 0) is 23.3 Å². The Morgan fingerprint density at radius 1 is 1.50 bits per heavy atom. The van der Waals surface area contributed by atoms with Gasteiger partial charge in [0, 0.05) is 0 Å². The number of rotatable bonds is 2. The molecule has 0 aliphatic heterocycles. The van der Waals surface area contributed by atoms with Gasteiger partial charge in [0.25, 0.3) is 0 Å². The molecule has 1 heteroatoms. The molecule has 0 amide bonds. The molecular formula is C11H13I. The molecular weight excluding hydrogens is 259 g/mol. The molecule has 0 nitrogen and oxygen atoms in total.